The summed E-state index contributed by atoms with van der Waals surface area (Å²) in [5.41, 5.74) is 2.32. The minimum Gasteiger partial charge on any atom is -0.307 e. The van der Waals surface area contributed by atoms with E-state index in [1.54, 1.807) is 17.8 Å². The highest BCUT2D eigenvalue weighted by Crippen LogP contribution is 2.30. The zero-order valence-corrected chi connectivity index (χ0v) is 12.3. The lowest BCUT2D eigenvalue weighted by Gasteiger charge is -2.19. The normalized spacial score (nSPS) is 23.5. The third-order valence-corrected chi connectivity index (χ3v) is 5.95. The molecule has 0 radical (unpaired) electrons. The number of rotatable bonds is 5. The van der Waals surface area contributed by atoms with Crippen LogP contribution in [-0.4, -0.2) is 30.9 Å². The number of nitrogen functional groups attached to an aromatic ring is 1. The van der Waals surface area contributed by atoms with Gasteiger partial charge in [0.2, 0.25) is 10.0 Å². The molecule has 1 aromatic heterocycles. The molecule has 1 heterocycles. The second-order valence-electron chi connectivity index (χ2n) is 4.43. The summed E-state index contributed by atoms with van der Waals surface area (Å²) in [7, 11) is -3.60. The van der Waals surface area contributed by atoms with Gasteiger partial charge in [0.25, 0.3) is 0 Å². The van der Waals surface area contributed by atoms with Crippen LogP contribution in [0.1, 0.15) is 19.3 Å². The summed E-state index contributed by atoms with van der Waals surface area (Å²) in [4.78, 5) is 4.00. The maximum absolute atomic E-state index is 12.4. The Kier molecular flexibility index (Phi) is 4.67. The molecular weight excluding hydrogens is 284 g/mol. The van der Waals surface area contributed by atoms with Crippen molar-refractivity contribution in [1.29, 1.82) is 0 Å². The van der Waals surface area contributed by atoms with Crippen molar-refractivity contribution < 1.29 is 8.42 Å². The van der Waals surface area contributed by atoms with Crippen LogP contribution in [0.4, 0.5) is 5.82 Å². The molecule has 4 N–H and O–H groups in total. The van der Waals surface area contributed by atoms with Gasteiger partial charge in [-0.2, -0.15) is 11.8 Å². The summed E-state index contributed by atoms with van der Waals surface area (Å²) >= 11 is 1.70. The van der Waals surface area contributed by atoms with Crippen LogP contribution in [0.25, 0.3) is 0 Å². The van der Waals surface area contributed by atoms with Gasteiger partial charge in [-0.25, -0.2) is 24.0 Å². The Morgan fingerprint density at radius 3 is 2.95 bits per heavy atom. The number of hydrogen-bond donors (Lipinski definition) is 3. The van der Waals surface area contributed by atoms with Crippen LogP contribution < -0.4 is 16.0 Å². The van der Waals surface area contributed by atoms with Gasteiger partial charge in [0.1, 0.15) is 4.90 Å². The number of hydrazine groups is 1. The van der Waals surface area contributed by atoms with Gasteiger partial charge in [0, 0.05) is 17.5 Å². The molecule has 0 amide bonds. The third-order valence-electron chi connectivity index (χ3n) is 3.26. The molecule has 1 saturated carbocycles. The van der Waals surface area contributed by atoms with Crippen LogP contribution in [0.2, 0.25) is 0 Å². The lowest BCUT2D eigenvalue weighted by Crippen LogP contribution is -2.39. The van der Waals surface area contributed by atoms with Crippen molar-refractivity contribution in [2.45, 2.75) is 35.4 Å². The van der Waals surface area contributed by atoms with Crippen molar-refractivity contribution in [3.63, 3.8) is 0 Å². The van der Waals surface area contributed by atoms with Gasteiger partial charge in [-0.15, -0.1) is 0 Å². The first kappa shape index (κ1) is 14.6. The van der Waals surface area contributed by atoms with Crippen LogP contribution in [0.5, 0.6) is 0 Å². The molecule has 0 saturated heterocycles. The predicted molar refractivity (Wildman–Crippen MR) is 77.3 cm³/mol. The number of thioether (sulfide) groups is 1. The van der Waals surface area contributed by atoms with Gasteiger partial charge < -0.3 is 5.43 Å². The van der Waals surface area contributed by atoms with E-state index in [0.29, 0.717) is 5.25 Å². The van der Waals surface area contributed by atoms with Gasteiger partial charge in [0.05, 0.1) is 0 Å². The molecule has 0 aromatic carbocycles. The predicted octanol–water partition coefficient (Wildman–Crippen LogP) is 0.930. The van der Waals surface area contributed by atoms with E-state index in [-0.39, 0.29) is 16.8 Å². The number of sulfonamides is 1. The Morgan fingerprint density at radius 1 is 1.47 bits per heavy atom. The first-order chi connectivity index (χ1) is 9.08. The van der Waals surface area contributed by atoms with Gasteiger partial charge >= 0.3 is 0 Å². The molecule has 2 rings (SSSR count). The molecule has 2 atom stereocenters. The number of pyridine rings is 1. The fourth-order valence-corrected chi connectivity index (χ4v) is 4.77. The zero-order chi connectivity index (χ0) is 13.9. The lowest BCUT2D eigenvalue weighted by molar-refractivity contribution is 0.555. The molecule has 19 heavy (non-hydrogen) atoms. The highest BCUT2D eigenvalue weighted by atomic mass is 32.2. The second-order valence-corrected chi connectivity index (χ2v) is 7.19. The maximum atomic E-state index is 12.4. The number of hydrogen-bond acceptors (Lipinski definition) is 6. The van der Waals surface area contributed by atoms with Gasteiger partial charge in [-0.1, -0.05) is 6.42 Å². The Labute approximate surface area is 117 Å². The average Bonchev–Trinajstić information content (AvgIpc) is 2.85. The molecule has 0 spiro atoms. The monoisotopic (exact) mass is 302 g/mol. The average molecular weight is 302 g/mol. The van der Waals surface area contributed by atoms with Crippen molar-refractivity contribution in [2.75, 3.05) is 11.7 Å². The Hall–Kier alpha value is -0.830. The number of aromatic nitrogens is 1. The minimum absolute atomic E-state index is 0.0224. The van der Waals surface area contributed by atoms with Crippen LogP contribution in [0, 0.1) is 0 Å². The molecule has 0 aliphatic heterocycles. The molecular formula is C11H18N4O2S2. The van der Waals surface area contributed by atoms with E-state index in [1.807, 2.05) is 6.26 Å². The number of anilines is 1. The highest BCUT2D eigenvalue weighted by Gasteiger charge is 2.31. The smallest absolute Gasteiger partial charge is 0.244 e. The summed E-state index contributed by atoms with van der Waals surface area (Å²) in [6.45, 7) is 0. The number of nitrogens with one attached hydrogen (secondary N) is 2. The Morgan fingerprint density at radius 2 is 2.26 bits per heavy atom. The van der Waals surface area contributed by atoms with Crippen molar-refractivity contribution in [3.05, 3.63) is 18.3 Å². The van der Waals surface area contributed by atoms with E-state index in [0.717, 1.165) is 19.3 Å². The fraction of sp³-hybridized carbons (Fsp3) is 0.545. The largest absolute Gasteiger partial charge is 0.307 e. The summed E-state index contributed by atoms with van der Waals surface area (Å²) in [6.07, 6.45) is 6.47. The topological polar surface area (TPSA) is 97.1 Å². The number of nitrogens with zero attached hydrogens (tertiary/aromatic N) is 1. The van der Waals surface area contributed by atoms with Crippen LogP contribution in [0.3, 0.4) is 0 Å². The van der Waals surface area contributed by atoms with Gasteiger partial charge in [-0.05, 0) is 31.2 Å². The fourth-order valence-electron chi connectivity index (χ4n) is 2.32. The van der Waals surface area contributed by atoms with Crippen molar-refractivity contribution >= 4 is 27.6 Å². The Bertz CT molecular complexity index is 535. The van der Waals surface area contributed by atoms with E-state index >= 15 is 0 Å². The van der Waals surface area contributed by atoms with E-state index < -0.39 is 10.0 Å². The molecule has 106 valence electrons. The summed E-state index contributed by atoms with van der Waals surface area (Å²) in [5.74, 6) is 5.46. The van der Waals surface area contributed by atoms with Gasteiger partial charge in [0.15, 0.2) is 5.82 Å². The van der Waals surface area contributed by atoms with Crippen molar-refractivity contribution in [3.8, 4) is 0 Å². The van der Waals surface area contributed by atoms with Crippen LogP contribution in [-0.2, 0) is 10.0 Å². The summed E-state index contributed by atoms with van der Waals surface area (Å²) in [5, 5.41) is 0.334. The van der Waals surface area contributed by atoms with E-state index in [9.17, 15) is 8.42 Å². The molecule has 8 heteroatoms. The van der Waals surface area contributed by atoms with Crippen LogP contribution in [0.15, 0.2) is 23.2 Å². The first-order valence-electron chi connectivity index (χ1n) is 6.05. The second kappa shape index (κ2) is 6.08. The Balaban J connectivity index is 2.23. The van der Waals surface area contributed by atoms with Crippen molar-refractivity contribution in [1.82, 2.24) is 9.71 Å². The summed E-state index contributed by atoms with van der Waals surface area (Å²) < 4.78 is 27.5. The molecule has 6 nitrogen and oxygen atoms in total. The van der Waals surface area contributed by atoms with E-state index in [2.05, 4.69) is 15.1 Å². The molecule has 1 fully saturated rings. The lowest BCUT2D eigenvalue weighted by atomic mass is 10.3. The zero-order valence-electron chi connectivity index (χ0n) is 10.7. The standard InChI is InChI=1S/C11H18N4O2S2/c1-18-9-5-2-4-8(9)15-19(16,17)10-6-3-7-13-11(10)14-12/h3,6-9,15H,2,4-5,12H2,1H3,(H,13,14). The van der Waals surface area contributed by atoms with E-state index in [1.165, 1.54) is 12.3 Å². The SMILES string of the molecule is CSC1CCCC1NS(=O)(=O)c1cccnc1NN. The number of nitrogens with two attached hydrogens (primary N) is 1. The molecule has 1 aliphatic rings. The highest BCUT2D eigenvalue weighted by molar-refractivity contribution is 7.99. The third kappa shape index (κ3) is 3.19. The molecule has 1 aliphatic carbocycles. The molecule has 2 unspecified atom stereocenters. The van der Waals surface area contributed by atoms with Crippen LogP contribution >= 0.6 is 11.8 Å². The van der Waals surface area contributed by atoms with Gasteiger partial charge in [-0.3, -0.25) is 0 Å². The minimum atomic E-state index is -3.60. The molecule has 1 aromatic rings. The maximum Gasteiger partial charge on any atom is 0.244 e. The van der Waals surface area contributed by atoms with E-state index in [4.69, 9.17) is 5.84 Å². The molecule has 0 bridgehead atoms. The van der Waals surface area contributed by atoms with Crippen molar-refractivity contribution in [2.24, 2.45) is 5.84 Å². The quantitative estimate of drug-likeness (QED) is 0.553. The summed E-state index contributed by atoms with van der Waals surface area (Å²) in [6, 6.07) is 3.05. The first-order valence-corrected chi connectivity index (χ1v) is 8.82.